The Hall–Kier alpha value is -0.900. The molecule has 2 heterocycles. The van der Waals surface area contributed by atoms with Crippen molar-refractivity contribution in [1.82, 2.24) is 4.90 Å². The Morgan fingerprint density at radius 1 is 1.38 bits per heavy atom. The van der Waals surface area contributed by atoms with Crippen molar-refractivity contribution in [3.05, 3.63) is 0 Å². The van der Waals surface area contributed by atoms with E-state index >= 15 is 0 Å². The van der Waals surface area contributed by atoms with E-state index in [1.54, 1.807) is 4.90 Å². The number of carbonyl (C=O) groups excluding carboxylic acids is 2. The van der Waals surface area contributed by atoms with Gasteiger partial charge in [0.25, 0.3) is 0 Å². The summed E-state index contributed by atoms with van der Waals surface area (Å²) >= 11 is 0. The molecule has 2 aliphatic heterocycles. The molecule has 2 saturated heterocycles. The molecular weight excluding hydrogens is 206 g/mol. The molecule has 1 amide bonds. The van der Waals surface area contributed by atoms with Crippen LogP contribution >= 0.6 is 0 Å². The average Bonchev–Trinajstić information content (AvgIpc) is 2.30. The maximum Gasteiger partial charge on any atom is 0.223 e. The molecule has 0 saturated carbocycles. The van der Waals surface area contributed by atoms with Gasteiger partial charge in [-0.15, -0.1) is 0 Å². The smallest absolute Gasteiger partial charge is 0.223 e. The van der Waals surface area contributed by atoms with Gasteiger partial charge in [0.05, 0.1) is 6.54 Å². The van der Waals surface area contributed by atoms with E-state index in [0.717, 1.165) is 39.0 Å². The number of hydrogen-bond donors (Lipinski definition) is 0. The van der Waals surface area contributed by atoms with Crippen LogP contribution in [0.1, 0.15) is 32.1 Å². The fourth-order valence-corrected chi connectivity index (χ4v) is 2.38. The molecule has 2 fully saturated rings. The molecule has 0 bridgehead atoms. The number of carbonyl (C=O) groups is 2. The zero-order valence-electron chi connectivity index (χ0n) is 9.61. The minimum absolute atomic E-state index is 0.153. The van der Waals surface area contributed by atoms with Crippen LogP contribution in [0.25, 0.3) is 0 Å². The fraction of sp³-hybridized carbons (Fsp3) is 0.833. The Labute approximate surface area is 95.9 Å². The third-order valence-electron chi connectivity index (χ3n) is 3.41. The predicted molar refractivity (Wildman–Crippen MR) is 59.0 cm³/mol. The normalized spacial score (nSPS) is 23.5. The Kier molecular flexibility index (Phi) is 3.93. The Morgan fingerprint density at radius 3 is 2.81 bits per heavy atom. The molecule has 0 N–H and O–H groups in total. The molecule has 16 heavy (non-hydrogen) atoms. The molecule has 4 heteroatoms. The standard InChI is InChI=1S/C12H19NO3/c14-11-2-1-5-13(9-11)12(15)8-10-3-6-16-7-4-10/h10H,1-9H2. The summed E-state index contributed by atoms with van der Waals surface area (Å²) in [6, 6.07) is 0. The summed E-state index contributed by atoms with van der Waals surface area (Å²) in [4.78, 5) is 24.9. The Balaban J connectivity index is 1.79. The van der Waals surface area contributed by atoms with Gasteiger partial charge in [0.1, 0.15) is 0 Å². The van der Waals surface area contributed by atoms with E-state index in [9.17, 15) is 9.59 Å². The highest BCUT2D eigenvalue weighted by Crippen LogP contribution is 2.20. The van der Waals surface area contributed by atoms with Crippen molar-refractivity contribution in [3.63, 3.8) is 0 Å². The van der Waals surface area contributed by atoms with E-state index in [1.165, 1.54) is 0 Å². The molecule has 90 valence electrons. The van der Waals surface area contributed by atoms with Crippen molar-refractivity contribution in [2.45, 2.75) is 32.1 Å². The van der Waals surface area contributed by atoms with Crippen LogP contribution in [0.15, 0.2) is 0 Å². The number of nitrogens with zero attached hydrogens (tertiary/aromatic N) is 1. The minimum Gasteiger partial charge on any atom is -0.381 e. The van der Waals surface area contributed by atoms with Gasteiger partial charge in [-0.05, 0) is 25.2 Å². The Morgan fingerprint density at radius 2 is 2.12 bits per heavy atom. The Bertz CT molecular complexity index is 271. The first kappa shape index (κ1) is 11.6. The van der Waals surface area contributed by atoms with Crippen molar-refractivity contribution >= 4 is 11.7 Å². The van der Waals surface area contributed by atoms with Gasteiger partial charge in [-0.1, -0.05) is 0 Å². The molecule has 0 radical (unpaired) electrons. The molecular formula is C12H19NO3. The fourth-order valence-electron chi connectivity index (χ4n) is 2.38. The van der Waals surface area contributed by atoms with E-state index in [1.807, 2.05) is 0 Å². The number of hydrogen-bond acceptors (Lipinski definition) is 3. The van der Waals surface area contributed by atoms with E-state index < -0.39 is 0 Å². The van der Waals surface area contributed by atoms with Crippen LogP contribution < -0.4 is 0 Å². The van der Waals surface area contributed by atoms with Gasteiger partial charge in [0.2, 0.25) is 5.91 Å². The van der Waals surface area contributed by atoms with Crippen molar-refractivity contribution in [3.8, 4) is 0 Å². The highest BCUT2D eigenvalue weighted by Gasteiger charge is 2.24. The van der Waals surface area contributed by atoms with E-state index in [0.29, 0.717) is 25.3 Å². The summed E-state index contributed by atoms with van der Waals surface area (Å²) in [7, 11) is 0. The maximum atomic E-state index is 11.9. The van der Waals surface area contributed by atoms with Gasteiger partial charge in [-0.2, -0.15) is 0 Å². The van der Waals surface area contributed by atoms with Crippen molar-refractivity contribution in [2.75, 3.05) is 26.3 Å². The zero-order valence-corrected chi connectivity index (χ0v) is 9.61. The van der Waals surface area contributed by atoms with Crippen LogP contribution in [0.5, 0.6) is 0 Å². The molecule has 0 atom stereocenters. The molecule has 0 unspecified atom stereocenters. The SMILES string of the molecule is O=C1CCCN(C(=O)CC2CCOCC2)C1. The summed E-state index contributed by atoms with van der Waals surface area (Å²) in [5.41, 5.74) is 0. The van der Waals surface area contributed by atoms with Crippen LogP contribution in [0.3, 0.4) is 0 Å². The van der Waals surface area contributed by atoms with Crippen molar-refractivity contribution in [2.24, 2.45) is 5.92 Å². The quantitative estimate of drug-likeness (QED) is 0.704. The summed E-state index contributed by atoms with van der Waals surface area (Å²) < 4.78 is 5.26. The van der Waals surface area contributed by atoms with Gasteiger partial charge in [0, 0.05) is 32.6 Å². The second-order valence-electron chi connectivity index (χ2n) is 4.72. The second kappa shape index (κ2) is 5.43. The third kappa shape index (κ3) is 3.04. The highest BCUT2D eigenvalue weighted by molar-refractivity contribution is 5.87. The number of ether oxygens (including phenoxy) is 1. The zero-order chi connectivity index (χ0) is 11.4. The van der Waals surface area contributed by atoms with Crippen LogP contribution in [0.2, 0.25) is 0 Å². The number of piperidine rings is 1. The number of ketones is 1. The molecule has 0 aliphatic carbocycles. The van der Waals surface area contributed by atoms with E-state index in [2.05, 4.69) is 0 Å². The second-order valence-corrected chi connectivity index (χ2v) is 4.72. The highest BCUT2D eigenvalue weighted by atomic mass is 16.5. The molecule has 2 aliphatic rings. The summed E-state index contributed by atoms with van der Waals surface area (Å²) in [6.45, 7) is 2.64. The molecule has 0 aromatic carbocycles. The molecule has 0 aromatic rings. The lowest BCUT2D eigenvalue weighted by molar-refractivity contribution is -0.138. The first-order chi connectivity index (χ1) is 7.75. The van der Waals surface area contributed by atoms with Crippen LogP contribution in [-0.4, -0.2) is 42.9 Å². The molecule has 2 rings (SSSR count). The van der Waals surface area contributed by atoms with E-state index in [-0.39, 0.29) is 11.7 Å². The van der Waals surface area contributed by atoms with Gasteiger partial charge in [-0.3, -0.25) is 9.59 Å². The summed E-state index contributed by atoms with van der Waals surface area (Å²) in [5.74, 6) is 0.810. The first-order valence-corrected chi connectivity index (χ1v) is 6.13. The number of amides is 1. The minimum atomic E-state index is 0.153. The van der Waals surface area contributed by atoms with Gasteiger partial charge < -0.3 is 9.64 Å². The van der Waals surface area contributed by atoms with Crippen molar-refractivity contribution in [1.29, 1.82) is 0 Å². The van der Waals surface area contributed by atoms with Crippen LogP contribution in [-0.2, 0) is 14.3 Å². The largest absolute Gasteiger partial charge is 0.381 e. The average molecular weight is 225 g/mol. The lowest BCUT2D eigenvalue weighted by atomic mass is 9.95. The maximum absolute atomic E-state index is 11.9. The monoisotopic (exact) mass is 225 g/mol. The van der Waals surface area contributed by atoms with Gasteiger partial charge in [0.15, 0.2) is 5.78 Å². The topological polar surface area (TPSA) is 46.6 Å². The van der Waals surface area contributed by atoms with Gasteiger partial charge in [-0.25, -0.2) is 0 Å². The number of likely N-dealkylation sites (tertiary alicyclic amines) is 1. The first-order valence-electron chi connectivity index (χ1n) is 6.13. The number of rotatable bonds is 2. The van der Waals surface area contributed by atoms with E-state index in [4.69, 9.17) is 4.74 Å². The summed E-state index contributed by atoms with van der Waals surface area (Å²) in [5, 5.41) is 0. The summed E-state index contributed by atoms with van der Waals surface area (Å²) in [6.07, 6.45) is 4.02. The van der Waals surface area contributed by atoms with Crippen LogP contribution in [0, 0.1) is 5.92 Å². The van der Waals surface area contributed by atoms with Crippen LogP contribution in [0.4, 0.5) is 0 Å². The lowest BCUT2D eigenvalue weighted by Crippen LogP contribution is -2.41. The van der Waals surface area contributed by atoms with Crippen molar-refractivity contribution < 1.29 is 14.3 Å². The molecule has 0 spiro atoms. The molecule has 0 aromatic heterocycles. The predicted octanol–water partition coefficient (Wildman–Crippen LogP) is 0.995. The molecule has 4 nitrogen and oxygen atoms in total. The number of Topliss-reactive ketones (excluding diaryl/α,β-unsaturated/α-hetero) is 1. The third-order valence-corrected chi connectivity index (χ3v) is 3.41. The van der Waals surface area contributed by atoms with Gasteiger partial charge >= 0.3 is 0 Å². The lowest BCUT2D eigenvalue weighted by Gasteiger charge is -2.28.